The lowest BCUT2D eigenvalue weighted by Crippen LogP contribution is -2.45. The third-order valence-corrected chi connectivity index (χ3v) is 5.08. The minimum atomic E-state index is -1.24. The molecule has 154 valence electrons. The molecular weight excluding hydrogens is 350 g/mol. The molecule has 0 saturated carbocycles. The Balaban J connectivity index is 2.77. The van der Waals surface area contributed by atoms with Gasteiger partial charge in [-0.05, 0) is 71.1 Å². The van der Waals surface area contributed by atoms with Crippen molar-refractivity contribution < 1.29 is 17.9 Å². The van der Waals surface area contributed by atoms with Crippen molar-refractivity contribution >= 4 is 17.2 Å². The molecule has 1 rings (SSSR count). The molecule has 0 spiro atoms. The van der Waals surface area contributed by atoms with E-state index >= 15 is 0 Å². The monoisotopic (exact) mass is 389 g/mol. The Morgan fingerprint density at radius 3 is 2.27 bits per heavy atom. The summed E-state index contributed by atoms with van der Waals surface area (Å²) in [4.78, 5) is 14.5. The highest BCUT2D eigenvalue weighted by Gasteiger charge is 2.43. The number of carbonyl (C=O) groups excluding carboxylic acids is 1. The maximum absolute atomic E-state index is 12.6. The van der Waals surface area contributed by atoms with Crippen LogP contribution in [0.1, 0.15) is 74.7 Å². The van der Waals surface area contributed by atoms with E-state index in [1.54, 1.807) is 6.26 Å². The second-order valence-corrected chi connectivity index (χ2v) is 11.6. The molecule has 0 aromatic carbocycles. The number of likely N-dealkylation sites (tertiary alicyclic amines) is 1. The summed E-state index contributed by atoms with van der Waals surface area (Å²) in [6.45, 7) is 17.8. The fourth-order valence-electron chi connectivity index (χ4n) is 3.92. The Hall–Kier alpha value is -0.620. The van der Waals surface area contributed by atoms with Crippen molar-refractivity contribution in [2.45, 2.75) is 85.8 Å². The van der Waals surface area contributed by atoms with Gasteiger partial charge in [-0.25, -0.2) is 9.00 Å². The summed E-state index contributed by atoms with van der Waals surface area (Å²) in [5, 5.41) is 0. The Morgan fingerprint density at radius 1 is 1.23 bits per heavy atom. The number of hydrogen-bond acceptors (Lipinski definition) is 4. The fraction of sp³-hybridized carbons (Fsp3) is 0.950. The molecule has 1 saturated heterocycles. The van der Waals surface area contributed by atoms with Gasteiger partial charge in [0.05, 0.1) is 6.61 Å². The minimum Gasteiger partial charge on any atom is -0.444 e. The van der Waals surface area contributed by atoms with Crippen molar-refractivity contribution in [2.24, 2.45) is 17.3 Å². The lowest BCUT2D eigenvalue weighted by molar-refractivity contribution is 0.0130. The number of rotatable bonds is 6. The number of ether oxygens (including phenoxy) is 1. The molecule has 6 heteroatoms. The van der Waals surface area contributed by atoms with Crippen LogP contribution in [0.5, 0.6) is 0 Å². The van der Waals surface area contributed by atoms with Crippen LogP contribution in [-0.4, -0.2) is 45.7 Å². The molecule has 1 amide bonds. The summed E-state index contributed by atoms with van der Waals surface area (Å²) >= 11 is -1.24. The first-order valence-electron chi connectivity index (χ1n) is 9.56. The molecule has 0 aromatic heterocycles. The summed E-state index contributed by atoms with van der Waals surface area (Å²) in [6.07, 6.45) is 4.26. The second kappa shape index (κ2) is 8.59. The average Bonchev–Trinajstić information content (AvgIpc) is 2.67. The summed E-state index contributed by atoms with van der Waals surface area (Å²) in [6, 6.07) is 0. The SMILES string of the molecule is CS(=O)OCC(CC1CN(C(=O)OC(C)(C)C)C(C)(C)C1)CC(C)(C)C. The van der Waals surface area contributed by atoms with Crippen LogP contribution in [0.15, 0.2) is 0 Å². The molecule has 0 radical (unpaired) electrons. The number of hydrogen-bond donors (Lipinski definition) is 0. The normalized spacial score (nSPS) is 23.0. The highest BCUT2D eigenvalue weighted by atomic mass is 32.2. The summed E-state index contributed by atoms with van der Waals surface area (Å²) in [7, 11) is 0. The van der Waals surface area contributed by atoms with Crippen LogP contribution in [0.2, 0.25) is 0 Å². The van der Waals surface area contributed by atoms with Gasteiger partial charge in [0.15, 0.2) is 11.1 Å². The zero-order chi connectivity index (χ0) is 20.3. The molecule has 3 unspecified atom stereocenters. The molecule has 1 heterocycles. The second-order valence-electron chi connectivity index (χ2n) is 10.5. The Labute approximate surface area is 162 Å². The van der Waals surface area contributed by atoms with Crippen LogP contribution in [0.3, 0.4) is 0 Å². The third kappa shape index (κ3) is 8.38. The van der Waals surface area contributed by atoms with Crippen molar-refractivity contribution in [3.8, 4) is 0 Å². The summed E-state index contributed by atoms with van der Waals surface area (Å²) in [5.74, 6) is 0.733. The van der Waals surface area contributed by atoms with E-state index in [4.69, 9.17) is 8.92 Å². The zero-order valence-corrected chi connectivity index (χ0v) is 19.0. The summed E-state index contributed by atoms with van der Waals surface area (Å²) < 4.78 is 22.4. The first-order valence-corrected chi connectivity index (χ1v) is 11.0. The average molecular weight is 390 g/mol. The third-order valence-electron chi connectivity index (χ3n) is 4.61. The van der Waals surface area contributed by atoms with E-state index in [1.165, 1.54) is 0 Å². The number of nitrogens with zero attached hydrogens (tertiary/aromatic N) is 1. The van der Waals surface area contributed by atoms with E-state index < -0.39 is 16.7 Å². The van der Waals surface area contributed by atoms with Gasteiger partial charge < -0.3 is 9.64 Å². The molecule has 5 nitrogen and oxygen atoms in total. The predicted octanol–water partition coefficient (Wildman–Crippen LogP) is 4.77. The van der Waals surface area contributed by atoms with Gasteiger partial charge in [0.1, 0.15) is 5.60 Å². The van der Waals surface area contributed by atoms with E-state index in [0.717, 1.165) is 19.3 Å². The molecule has 0 N–H and O–H groups in total. The molecule has 26 heavy (non-hydrogen) atoms. The Bertz CT molecular complexity index is 505. The van der Waals surface area contributed by atoms with Crippen molar-refractivity contribution in [3.63, 3.8) is 0 Å². The van der Waals surface area contributed by atoms with Crippen molar-refractivity contribution in [3.05, 3.63) is 0 Å². The molecular formula is C20H39NO4S. The molecule has 0 aliphatic carbocycles. The van der Waals surface area contributed by atoms with Crippen LogP contribution < -0.4 is 0 Å². The Kier molecular flexibility index (Phi) is 7.74. The lowest BCUT2D eigenvalue weighted by atomic mass is 9.80. The van der Waals surface area contributed by atoms with E-state index in [-0.39, 0.29) is 17.0 Å². The predicted molar refractivity (Wildman–Crippen MR) is 107 cm³/mol. The van der Waals surface area contributed by atoms with Gasteiger partial charge in [-0.1, -0.05) is 20.8 Å². The van der Waals surface area contributed by atoms with Gasteiger partial charge in [-0.3, -0.25) is 4.18 Å². The van der Waals surface area contributed by atoms with Crippen LogP contribution >= 0.6 is 0 Å². The quantitative estimate of drug-likeness (QED) is 0.656. The topological polar surface area (TPSA) is 55.8 Å². The van der Waals surface area contributed by atoms with Crippen LogP contribution in [0.4, 0.5) is 4.79 Å². The molecule has 1 aliphatic rings. The van der Waals surface area contributed by atoms with E-state index in [2.05, 4.69) is 34.6 Å². The van der Waals surface area contributed by atoms with Crippen molar-refractivity contribution in [1.29, 1.82) is 0 Å². The molecule has 0 bridgehead atoms. The number of carbonyl (C=O) groups is 1. The fourth-order valence-corrected chi connectivity index (χ4v) is 4.31. The highest BCUT2D eigenvalue weighted by molar-refractivity contribution is 7.79. The van der Waals surface area contributed by atoms with E-state index in [1.807, 2.05) is 25.7 Å². The van der Waals surface area contributed by atoms with Gasteiger partial charge in [-0.15, -0.1) is 0 Å². The minimum absolute atomic E-state index is 0.183. The van der Waals surface area contributed by atoms with Gasteiger partial charge in [0.25, 0.3) is 0 Å². The van der Waals surface area contributed by atoms with Crippen LogP contribution in [0.25, 0.3) is 0 Å². The zero-order valence-electron chi connectivity index (χ0n) is 18.2. The van der Waals surface area contributed by atoms with E-state index in [9.17, 15) is 9.00 Å². The highest BCUT2D eigenvalue weighted by Crippen LogP contribution is 2.39. The smallest absolute Gasteiger partial charge is 0.410 e. The Morgan fingerprint density at radius 2 is 1.81 bits per heavy atom. The van der Waals surface area contributed by atoms with Gasteiger partial charge in [0.2, 0.25) is 0 Å². The van der Waals surface area contributed by atoms with Crippen LogP contribution in [0, 0.1) is 17.3 Å². The van der Waals surface area contributed by atoms with E-state index in [0.29, 0.717) is 25.0 Å². The van der Waals surface area contributed by atoms with Gasteiger partial charge in [0, 0.05) is 18.3 Å². The number of amides is 1. The first kappa shape index (κ1) is 23.4. The largest absolute Gasteiger partial charge is 0.444 e. The molecule has 1 aliphatic heterocycles. The standard InChI is InChI=1S/C20H39NO4S/c1-18(2,3)11-16(14-24-26(9)23)10-15-12-20(7,8)21(13-15)17(22)25-19(4,5)6/h15-16H,10-14H2,1-9H3. The van der Waals surface area contributed by atoms with Crippen molar-refractivity contribution in [1.82, 2.24) is 4.90 Å². The summed E-state index contributed by atoms with van der Waals surface area (Å²) in [5.41, 5.74) is -0.519. The van der Waals surface area contributed by atoms with Gasteiger partial charge >= 0.3 is 6.09 Å². The molecule has 0 aromatic rings. The lowest BCUT2D eigenvalue weighted by Gasteiger charge is -2.33. The maximum atomic E-state index is 12.6. The van der Waals surface area contributed by atoms with Crippen molar-refractivity contribution in [2.75, 3.05) is 19.4 Å². The molecule has 1 fully saturated rings. The van der Waals surface area contributed by atoms with Gasteiger partial charge in [-0.2, -0.15) is 0 Å². The maximum Gasteiger partial charge on any atom is 0.410 e. The van der Waals surface area contributed by atoms with Crippen LogP contribution in [-0.2, 0) is 20.0 Å². The first-order chi connectivity index (χ1) is 11.6. The molecule has 3 atom stereocenters.